The van der Waals surface area contributed by atoms with E-state index in [1.807, 2.05) is 6.07 Å². The number of ether oxygens (including phenoxy) is 1. The molecule has 1 N–H and O–H groups in total. The number of aliphatic carboxylic acids is 1. The molecule has 0 spiro atoms. The molecule has 94 valence electrons. The maximum atomic E-state index is 11.2. The number of benzene rings is 1. The average molecular weight is 267 g/mol. The lowest BCUT2D eigenvalue weighted by molar-refractivity contribution is -0.141. The van der Waals surface area contributed by atoms with Crippen molar-refractivity contribution in [3.63, 3.8) is 0 Å². The molecule has 0 aromatic heterocycles. The summed E-state index contributed by atoms with van der Waals surface area (Å²) in [5.74, 6) is -0.964. The first-order chi connectivity index (χ1) is 8.63. The Morgan fingerprint density at radius 3 is 3.06 bits per heavy atom. The number of carboxylic acids is 1. The van der Waals surface area contributed by atoms with Gasteiger partial charge < -0.3 is 14.7 Å². The lowest BCUT2D eigenvalue weighted by Crippen LogP contribution is -2.50. The summed E-state index contributed by atoms with van der Waals surface area (Å²) < 4.78 is 5.16. The van der Waals surface area contributed by atoms with Crippen molar-refractivity contribution in [2.75, 3.05) is 24.7 Å². The number of anilines is 1. The summed E-state index contributed by atoms with van der Waals surface area (Å²) in [5.41, 5.74) is 0.952. The Bertz CT molecular complexity index is 513. The summed E-state index contributed by atoms with van der Waals surface area (Å²) in [6.45, 7) is 0.993. The molecular formula is C12H11ClN2O3. The number of carboxylic acid groups (broad SMARTS) is 1. The zero-order valence-corrected chi connectivity index (χ0v) is 10.2. The van der Waals surface area contributed by atoms with E-state index in [4.69, 9.17) is 26.7 Å². The maximum Gasteiger partial charge on any atom is 0.328 e. The summed E-state index contributed by atoms with van der Waals surface area (Å²) in [5, 5.41) is 18.7. The second kappa shape index (κ2) is 5.25. The molecule has 1 unspecified atom stereocenters. The highest BCUT2D eigenvalue weighted by Gasteiger charge is 2.30. The Balaban J connectivity index is 2.40. The van der Waals surface area contributed by atoms with Gasteiger partial charge in [0.15, 0.2) is 6.04 Å². The highest BCUT2D eigenvalue weighted by molar-refractivity contribution is 6.30. The number of halogens is 1. The second-order valence-electron chi connectivity index (χ2n) is 3.90. The third-order valence-electron chi connectivity index (χ3n) is 2.80. The first-order valence-electron chi connectivity index (χ1n) is 5.40. The number of hydrogen-bond donors (Lipinski definition) is 1. The van der Waals surface area contributed by atoms with Crippen molar-refractivity contribution in [1.82, 2.24) is 0 Å². The van der Waals surface area contributed by atoms with Gasteiger partial charge in [0.25, 0.3) is 0 Å². The average Bonchev–Trinajstić information content (AvgIpc) is 2.38. The number of nitriles is 1. The fourth-order valence-corrected chi connectivity index (χ4v) is 2.12. The van der Waals surface area contributed by atoms with Crippen molar-refractivity contribution in [2.45, 2.75) is 6.04 Å². The maximum absolute atomic E-state index is 11.2. The molecule has 0 saturated carbocycles. The van der Waals surface area contributed by atoms with Gasteiger partial charge in [-0.15, -0.1) is 0 Å². The predicted molar refractivity (Wildman–Crippen MR) is 65.8 cm³/mol. The Kier molecular flexibility index (Phi) is 3.70. The summed E-state index contributed by atoms with van der Waals surface area (Å²) in [4.78, 5) is 12.8. The van der Waals surface area contributed by atoms with Crippen LogP contribution in [0.25, 0.3) is 0 Å². The molecule has 1 saturated heterocycles. The van der Waals surface area contributed by atoms with Crippen molar-refractivity contribution < 1.29 is 14.6 Å². The minimum absolute atomic E-state index is 0.114. The third-order valence-corrected chi connectivity index (χ3v) is 3.04. The van der Waals surface area contributed by atoms with E-state index in [2.05, 4.69) is 0 Å². The van der Waals surface area contributed by atoms with Crippen molar-refractivity contribution >= 4 is 23.3 Å². The van der Waals surface area contributed by atoms with Gasteiger partial charge in [0.2, 0.25) is 0 Å². The highest BCUT2D eigenvalue weighted by Crippen LogP contribution is 2.26. The molecule has 5 nitrogen and oxygen atoms in total. The van der Waals surface area contributed by atoms with Gasteiger partial charge in [-0.05, 0) is 18.2 Å². The lowest BCUT2D eigenvalue weighted by Gasteiger charge is -2.35. The SMILES string of the molecule is N#Cc1cc(Cl)ccc1N1CCOCC1C(=O)O. The van der Waals surface area contributed by atoms with Crippen LogP contribution in [0.5, 0.6) is 0 Å². The largest absolute Gasteiger partial charge is 0.480 e. The molecule has 1 atom stereocenters. The molecule has 1 aliphatic heterocycles. The molecule has 1 aliphatic rings. The van der Waals surface area contributed by atoms with Crippen molar-refractivity contribution in [1.29, 1.82) is 5.26 Å². The van der Waals surface area contributed by atoms with Crippen LogP contribution in [0.15, 0.2) is 18.2 Å². The summed E-state index contributed by atoms with van der Waals surface area (Å²) in [6, 6.07) is 6.11. The lowest BCUT2D eigenvalue weighted by atomic mass is 10.1. The standard InChI is InChI=1S/C12H11ClN2O3/c13-9-1-2-10(8(5-9)6-14)15-3-4-18-7-11(15)12(16)17/h1-2,5,11H,3-4,7H2,(H,16,17). The van der Waals surface area contributed by atoms with Crippen molar-refractivity contribution in [2.24, 2.45) is 0 Å². The van der Waals surface area contributed by atoms with Crippen LogP contribution in [0, 0.1) is 11.3 Å². The van der Waals surface area contributed by atoms with Gasteiger partial charge in [0.05, 0.1) is 24.5 Å². The van der Waals surface area contributed by atoms with Crippen LogP contribution in [0.1, 0.15) is 5.56 Å². The van der Waals surface area contributed by atoms with E-state index in [-0.39, 0.29) is 6.61 Å². The molecule has 0 bridgehead atoms. The number of hydrogen-bond acceptors (Lipinski definition) is 4. The normalized spacial score (nSPS) is 19.3. The van der Waals surface area contributed by atoms with E-state index in [1.165, 1.54) is 6.07 Å². The van der Waals surface area contributed by atoms with Gasteiger partial charge in [-0.3, -0.25) is 0 Å². The fraction of sp³-hybridized carbons (Fsp3) is 0.333. The molecule has 18 heavy (non-hydrogen) atoms. The van der Waals surface area contributed by atoms with Crippen LogP contribution in [0.2, 0.25) is 5.02 Å². The summed E-state index contributed by atoms with van der Waals surface area (Å²) >= 11 is 5.82. The van der Waals surface area contributed by atoms with Crippen molar-refractivity contribution in [3.8, 4) is 6.07 Å². The van der Waals surface area contributed by atoms with Gasteiger partial charge in [-0.2, -0.15) is 5.26 Å². The number of carbonyl (C=O) groups is 1. The Morgan fingerprint density at radius 1 is 1.61 bits per heavy atom. The van der Waals surface area contributed by atoms with Gasteiger partial charge in [0.1, 0.15) is 6.07 Å². The zero-order chi connectivity index (χ0) is 13.1. The van der Waals surface area contributed by atoms with Crippen molar-refractivity contribution in [3.05, 3.63) is 28.8 Å². The minimum atomic E-state index is -0.964. The van der Waals surface area contributed by atoms with Gasteiger partial charge in [0, 0.05) is 11.6 Å². The zero-order valence-electron chi connectivity index (χ0n) is 9.47. The minimum Gasteiger partial charge on any atom is -0.480 e. The van der Waals surface area contributed by atoms with Gasteiger partial charge >= 0.3 is 5.97 Å². The fourth-order valence-electron chi connectivity index (χ4n) is 1.94. The molecular weight excluding hydrogens is 256 g/mol. The predicted octanol–water partition coefficient (Wildman–Crippen LogP) is 1.50. The molecule has 0 radical (unpaired) electrons. The number of morpholine rings is 1. The Hall–Kier alpha value is -1.77. The van der Waals surface area contributed by atoms with E-state index in [1.54, 1.807) is 17.0 Å². The molecule has 1 heterocycles. The molecule has 0 aliphatic carbocycles. The van der Waals surface area contributed by atoms with E-state index in [0.717, 1.165) is 0 Å². The molecule has 1 fully saturated rings. The van der Waals surface area contributed by atoms with E-state index in [9.17, 15) is 4.79 Å². The van der Waals surface area contributed by atoms with E-state index in [0.29, 0.717) is 29.4 Å². The van der Waals surface area contributed by atoms with E-state index >= 15 is 0 Å². The van der Waals surface area contributed by atoms with Crippen LogP contribution in [-0.2, 0) is 9.53 Å². The number of nitrogens with zero attached hydrogens (tertiary/aromatic N) is 2. The van der Waals surface area contributed by atoms with Gasteiger partial charge in [-0.25, -0.2) is 4.79 Å². The Labute approximate surface area is 109 Å². The highest BCUT2D eigenvalue weighted by atomic mass is 35.5. The smallest absolute Gasteiger partial charge is 0.328 e. The molecule has 0 amide bonds. The molecule has 6 heteroatoms. The summed E-state index contributed by atoms with van der Waals surface area (Å²) in [6.07, 6.45) is 0. The topological polar surface area (TPSA) is 73.6 Å². The second-order valence-corrected chi connectivity index (χ2v) is 4.33. The quantitative estimate of drug-likeness (QED) is 0.878. The van der Waals surface area contributed by atoms with Crippen LogP contribution in [-0.4, -0.2) is 36.9 Å². The molecule has 1 aromatic rings. The first kappa shape index (κ1) is 12.7. The van der Waals surface area contributed by atoms with Crippen LogP contribution >= 0.6 is 11.6 Å². The first-order valence-corrected chi connectivity index (χ1v) is 5.78. The molecule has 2 rings (SSSR count). The Morgan fingerprint density at radius 2 is 2.39 bits per heavy atom. The van der Waals surface area contributed by atoms with E-state index < -0.39 is 12.0 Å². The molecule has 1 aromatic carbocycles. The number of rotatable bonds is 2. The van der Waals surface area contributed by atoms with Crippen LogP contribution < -0.4 is 4.90 Å². The van der Waals surface area contributed by atoms with Crippen LogP contribution in [0.3, 0.4) is 0 Å². The van der Waals surface area contributed by atoms with Crippen LogP contribution in [0.4, 0.5) is 5.69 Å². The monoisotopic (exact) mass is 266 g/mol. The van der Waals surface area contributed by atoms with Gasteiger partial charge in [-0.1, -0.05) is 11.6 Å². The summed E-state index contributed by atoms with van der Waals surface area (Å²) in [7, 11) is 0. The third kappa shape index (κ3) is 2.40.